The van der Waals surface area contributed by atoms with Gasteiger partial charge in [-0.05, 0) is 31.2 Å². The summed E-state index contributed by atoms with van der Waals surface area (Å²) in [4.78, 5) is 11.0. The lowest BCUT2D eigenvalue weighted by Crippen LogP contribution is -2.54. The monoisotopic (exact) mass is 213 g/mol. The molecular formula is C12H23NO2. The number of carboxylic acids is 1. The Morgan fingerprint density at radius 3 is 2.67 bits per heavy atom. The smallest absolute Gasteiger partial charge is 0.305 e. The third kappa shape index (κ3) is 2.94. The Balaban J connectivity index is 2.79. The molecule has 3 heteroatoms. The second kappa shape index (κ2) is 4.97. The van der Waals surface area contributed by atoms with Crippen LogP contribution in [0.1, 0.15) is 46.5 Å². The first-order valence-corrected chi connectivity index (χ1v) is 5.97. The normalized spacial score (nSPS) is 36.5. The summed E-state index contributed by atoms with van der Waals surface area (Å²) in [5.74, 6) is 0.418. The number of carbonyl (C=O) groups is 1. The summed E-state index contributed by atoms with van der Waals surface area (Å²) in [6.45, 7) is 7.30. The first kappa shape index (κ1) is 12.5. The summed E-state index contributed by atoms with van der Waals surface area (Å²) in [5, 5.41) is 12.5. The van der Waals surface area contributed by atoms with E-state index in [-0.39, 0.29) is 12.0 Å². The molecule has 0 saturated heterocycles. The molecule has 1 rings (SSSR count). The predicted molar refractivity (Wildman–Crippen MR) is 60.8 cm³/mol. The lowest BCUT2D eigenvalue weighted by molar-refractivity contribution is -0.140. The highest BCUT2D eigenvalue weighted by Crippen LogP contribution is 2.39. The topological polar surface area (TPSA) is 49.3 Å². The molecule has 1 aliphatic carbocycles. The van der Waals surface area contributed by atoms with Crippen LogP contribution in [-0.2, 0) is 4.79 Å². The highest BCUT2D eigenvalue weighted by Gasteiger charge is 2.41. The molecule has 1 aliphatic rings. The van der Waals surface area contributed by atoms with Crippen LogP contribution >= 0.6 is 0 Å². The minimum atomic E-state index is -0.683. The van der Waals surface area contributed by atoms with Crippen LogP contribution in [0.5, 0.6) is 0 Å². The van der Waals surface area contributed by atoms with Gasteiger partial charge in [0.1, 0.15) is 0 Å². The van der Waals surface area contributed by atoms with E-state index in [1.807, 2.05) is 0 Å². The maximum atomic E-state index is 11.0. The van der Waals surface area contributed by atoms with E-state index in [4.69, 9.17) is 5.11 Å². The average molecular weight is 213 g/mol. The van der Waals surface area contributed by atoms with Gasteiger partial charge < -0.3 is 10.4 Å². The van der Waals surface area contributed by atoms with Crippen molar-refractivity contribution in [2.45, 2.75) is 52.0 Å². The fourth-order valence-corrected chi connectivity index (χ4v) is 2.91. The molecule has 3 atom stereocenters. The maximum absolute atomic E-state index is 11.0. The zero-order valence-electron chi connectivity index (χ0n) is 10.0. The Morgan fingerprint density at radius 1 is 1.47 bits per heavy atom. The van der Waals surface area contributed by atoms with E-state index in [2.05, 4.69) is 26.1 Å². The minimum Gasteiger partial charge on any atom is -0.481 e. The van der Waals surface area contributed by atoms with Crippen LogP contribution in [0.2, 0.25) is 0 Å². The molecule has 3 unspecified atom stereocenters. The van der Waals surface area contributed by atoms with Crippen LogP contribution in [0.15, 0.2) is 0 Å². The van der Waals surface area contributed by atoms with E-state index in [9.17, 15) is 4.79 Å². The Labute approximate surface area is 92.3 Å². The number of carboxylic acid groups (broad SMARTS) is 1. The molecule has 0 spiro atoms. The van der Waals surface area contributed by atoms with Crippen LogP contribution in [0.4, 0.5) is 0 Å². The number of hydrogen-bond donors (Lipinski definition) is 2. The highest BCUT2D eigenvalue weighted by molar-refractivity contribution is 5.68. The summed E-state index contributed by atoms with van der Waals surface area (Å²) in [6, 6.07) is 0. The van der Waals surface area contributed by atoms with E-state index >= 15 is 0 Å². The summed E-state index contributed by atoms with van der Waals surface area (Å²) >= 11 is 0. The molecule has 3 nitrogen and oxygen atoms in total. The van der Waals surface area contributed by atoms with E-state index in [1.54, 1.807) is 0 Å². The molecule has 15 heavy (non-hydrogen) atoms. The molecule has 88 valence electrons. The first-order valence-electron chi connectivity index (χ1n) is 5.97. The van der Waals surface area contributed by atoms with Crippen LogP contribution in [0, 0.1) is 11.8 Å². The van der Waals surface area contributed by atoms with Gasteiger partial charge in [-0.15, -0.1) is 0 Å². The molecule has 0 aliphatic heterocycles. The van der Waals surface area contributed by atoms with Gasteiger partial charge >= 0.3 is 5.97 Å². The molecule has 0 heterocycles. The lowest BCUT2D eigenvalue weighted by atomic mass is 9.68. The van der Waals surface area contributed by atoms with Crippen LogP contribution < -0.4 is 5.32 Å². The zero-order chi connectivity index (χ0) is 11.5. The molecule has 0 bridgehead atoms. The van der Waals surface area contributed by atoms with E-state index in [1.165, 1.54) is 6.42 Å². The molecule has 0 amide bonds. The Bertz CT molecular complexity index is 230. The van der Waals surface area contributed by atoms with Gasteiger partial charge in [-0.3, -0.25) is 4.79 Å². The van der Waals surface area contributed by atoms with Gasteiger partial charge in [0.2, 0.25) is 0 Å². The van der Waals surface area contributed by atoms with Gasteiger partial charge in [0.05, 0.1) is 6.42 Å². The van der Waals surface area contributed by atoms with E-state index < -0.39 is 5.97 Å². The minimum absolute atomic E-state index is 0.168. The quantitative estimate of drug-likeness (QED) is 0.753. The number of aliphatic carboxylic acids is 1. The molecule has 0 aromatic heterocycles. The van der Waals surface area contributed by atoms with E-state index in [0.717, 1.165) is 19.4 Å². The SMILES string of the molecule is CCNC1(CC(=O)O)CC(C)CCC1C. The number of rotatable bonds is 4. The van der Waals surface area contributed by atoms with Crippen molar-refractivity contribution in [3.8, 4) is 0 Å². The summed E-state index contributed by atoms with van der Waals surface area (Å²) in [6.07, 6.45) is 3.62. The van der Waals surface area contributed by atoms with Crippen molar-refractivity contribution in [1.82, 2.24) is 5.32 Å². The number of hydrogen-bond acceptors (Lipinski definition) is 2. The third-order valence-electron chi connectivity index (χ3n) is 3.74. The molecule has 0 aromatic rings. The Kier molecular flexibility index (Phi) is 4.14. The van der Waals surface area contributed by atoms with Gasteiger partial charge in [0, 0.05) is 5.54 Å². The Hall–Kier alpha value is -0.570. The van der Waals surface area contributed by atoms with E-state index in [0.29, 0.717) is 11.8 Å². The van der Waals surface area contributed by atoms with Gasteiger partial charge in [0.15, 0.2) is 0 Å². The summed E-state index contributed by atoms with van der Waals surface area (Å²) < 4.78 is 0. The van der Waals surface area contributed by atoms with Crippen molar-refractivity contribution in [2.75, 3.05) is 6.54 Å². The summed E-state index contributed by atoms with van der Waals surface area (Å²) in [5.41, 5.74) is -0.168. The molecule has 1 fully saturated rings. The van der Waals surface area contributed by atoms with Gasteiger partial charge in [-0.1, -0.05) is 27.2 Å². The fraction of sp³-hybridized carbons (Fsp3) is 0.917. The lowest BCUT2D eigenvalue weighted by Gasteiger charge is -2.45. The standard InChI is InChI=1S/C12H23NO2/c1-4-13-12(8-11(14)15)7-9(2)5-6-10(12)3/h9-10,13H,4-8H2,1-3H3,(H,14,15). The average Bonchev–Trinajstić information content (AvgIpc) is 2.11. The van der Waals surface area contributed by atoms with Crippen molar-refractivity contribution in [1.29, 1.82) is 0 Å². The van der Waals surface area contributed by atoms with Crippen molar-refractivity contribution >= 4 is 5.97 Å². The molecule has 0 radical (unpaired) electrons. The molecule has 0 aromatic carbocycles. The van der Waals surface area contributed by atoms with Crippen LogP contribution in [0.25, 0.3) is 0 Å². The molecule has 2 N–H and O–H groups in total. The largest absolute Gasteiger partial charge is 0.481 e. The fourth-order valence-electron chi connectivity index (χ4n) is 2.91. The molecule has 1 saturated carbocycles. The third-order valence-corrected chi connectivity index (χ3v) is 3.74. The van der Waals surface area contributed by atoms with Crippen LogP contribution in [0.3, 0.4) is 0 Å². The Morgan fingerprint density at radius 2 is 2.13 bits per heavy atom. The van der Waals surface area contributed by atoms with Gasteiger partial charge in [0.25, 0.3) is 0 Å². The van der Waals surface area contributed by atoms with Crippen molar-refractivity contribution in [3.05, 3.63) is 0 Å². The molecular weight excluding hydrogens is 190 g/mol. The maximum Gasteiger partial charge on any atom is 0.305 e. The zero-order valence-corrected chi connectivity index (χ0v) is 10.0. The van der Waals surface area contributed by atoms with Gasteiger partial charge in [-0.25, -0.2) is 0 Å². The first-order chi connectivity index (χ1) is 7.00. The van der Waals surface area contributed by atoms with Crippen molar-refractivity contribution in [3.63, 3.8) is 0 Å². The predicted octanol–water partition coefficient (Wildman–Crippen LogP) is 2.27. The highest BCUT2D eigenvalue weighted by atomic mass is 16.4. The van der Waals surface area contributed by atoms with Crippen LogP contribution in [-0.4, -0.2) is 23.2 Å². The number of nitrogens with one attached hydrogen (secondary N) is 1. The van der Waals surface area contributed by atoms with Crippen molar-refractivity contribution in [2.24, 2.45) is 11.8 Å². The second-order valence-corrected chi connectivity index (χ2v) is 5.04. The second-order valence-electron chi connectivity index (χ2n) is 5.04. The van der Waals surface area contributed by atoms with Crippen molar-refractivity contribution < 1.29 is 9.90 Å². The van der Waals surface area contributed by atoms with Gasteiger partial charge in [-0.2, -0.15) is 0 Å². The summed E-state index contributed by atoms with van der Waals surface area (Å²) in [7, 11) is 0.